The molecule has 0 N–H and O–H groups in total. The highest BCUT2D eigenvalue weighted by Crippen LogP contribution is 2.47. The van der Waals surface area contributed by atoms with Crippen molar-refractivity contribution in [2.24, 2.45) is 0 Å². The molecular formula is C67H36F3N9. The van der Waals surface area contributed by atoms with Crippen LogP contribution >= 0.6 is 0 Å². The van der Waals surface area contributed by atoms with Crippen molar-refractivity contribution in [3.05, 3.63) is 246 Å². The number of rotatable bonds is 9. The summed E-state index contributed by atoms with van der Waals surface area (Å²) < 4.78 is 49.9. The van der Waals surface area contributed by atoms with E-state index in [0.29, 0.717) is 83.4 Å². The van der Waals surface area contributed by atoms with Gasteiger partial charge >= 0.3 is 6.18 Å². The molecule has 0 aliphatic heterocycles. The summed E-state index contributed by atoms with van der Waals surface area (Å²) in [4.78, 5) is 20.5. The van der Waals surface area contributed by atoms with E-state index in [1.54, 1.807) is 30.3 Å². The molecular weight excluding hydrogens is 988 g/mol. The van der Waals surface area contributed by atoms with Crippen LogP contribution in [-0.4, -0.2) is 24.5 Å². The molecule has 0 aliphatic rings. The standard InChI is InChI=1S/C67H36F3N9/c68-67(69,70)53-33-56(61-36-60(47-17-9-3-10-18-47)75-65(78-61)48-19-11-4-12-20-48)64(57(34-53)66-76-58(45-13-5-1-6-14-45)35-59(77-66)46-15-7-2-8-16-46)79-62-23-21-49(51-27-41(37-71)25-42(28-51)38-72)31-54(62)55-32-50(22-24-63(55)79)52-29-43(39-73)26-44(30-52)40-74/h1-36H. The zero-order chi connectivity index (χ0) is 54.2. The molecule has 0 aliphatic carbocycles. The Morgan fingerprint density at radius 3 is 1.10 bits per heavy atom. The average Bonchev–Trinajstić information content (AvgIpc) is 4.09. The van der Waals surface area contributed by atoms with Crippen molar-refractivity contribution in [2.45, 2.75) is 6.18 Å². The number of hydrogen-bond donors (Lipinski definition) is 0. The van der Waals surface area contributed by atoms with Gasteiger partial charge in [0.15, 0.2) is 11.6 Å². The summed E-state index contributed by atoms with van der Waals surface area (Å²) in [5, 5.41) is 41.4. The third-order valence-electron chi connectivity index (χ3n) is 13.7. The van der Waals surface area contributed by atoms with Crippen molar-refractivity contribution >= 4 is 21.8 Å². The first kappa shape index (κ1) is 48.6. The van der Waals surface area contributed by atoms with Gasteiger partial charge in [0.1, 0.15) is 0 Å². The summed E-state index contributed by atoms with van der Waals surface area (Å²) in [6.45, 7) is 0. The lowest BCUT2D eigenvalue weighted by Gasteiger charge is -2.22. The van der Waals surface area contributed by atoms with Crippen molar-refractivity contribution in [3.63, 3.8) is 0 Å². The van der Waals surface area contributed by atoms with E-state index in [4.69, 9.17) is 19.9 Å². The molecule has 0 amide bonds. The largest absolute Gasteiger partial charge is 0.416 e. The number of alkyl halides is 3. The first-order valence-corrected chi connectivity index (χ1v) is 24.8. The Labute approximate surface area is 450 Å². The molecule has 12 heteroatoms. The van der Waals surface area contributed by atoms with E-state index < -0.39 is 11.7 Å². The first-order valence-electron chi connectivity index (χ1n) is 24.8. The summed E-state index contributed by atoms with van der Waals surface area (Å²) in [7, 11) is 0. The third-order valence-corrected chi connectivity index (χ3v) is 13.7. The molecule has 9 aromatic carbocycles. The molecule has 3 heterocycles. The van der Waals surface area contributed by atoms with Crippen LogP contribution in [0.2, 0.25) is 0 Å². The summed E-state index contributed by atoms with van der Waals surface area (Å²) in [5.74, 6) is 0.279. The lowest BCUT2D eigenvalue weighted by molar-refractivity contribution is -0.137. The van der Waals surface area contributed by atoms with Crippen LogP contribution in [0, 0.1) is 45.3 Å². The van der Waals surface area contributed by atoms with Gasteiger partial charge in [0.2, 0.25) is 0 Å². The first-order chi connectivity index (χ1) is 38.5. The van der Waals surface area contributed by atoms with Gasteiger partial charge in [0.25, 0.3) is 0 Å². The number of benzene rings is 9. The third kappa shape index (κ3) is 9.36. The molecule has 0 spiro atoms. The monoisotopic (exact) mass is 1020 g/mol. The molecule has 3 aromatic heterocycles. The Morgan fingerprint density at radius 2 is 0.696 bits per heavy atom. The van der Waals surface area contributed by atoms with Gasteiger partial charge in [-0.15, -0.1) is 0 Å². The number of aromatic nitrogens is 5. The second kappa shape index (κ2) is 20.1. The van der Waals surface area contributed by atoms with Crippen LogP contribution in [0.4, 0.5) is 13.2 Å². The zero-order valence-corrected chi connectivity index (χ0v) is 41.4. The highest BCUT2D eigenvalue weighted by molar-refractivity contribution is 6.13. The van der Waals surface area contributed by atoms with E-state index in [9.17, 15) is 21.0 Å². The molecule has 0 fully saturated rings. The quantitative estimate of drug-likeness (QED) is 0.139. The van der Waals surface area contributed by atoms with E-state index >= 15 is 13.2 Å². The van der Waals surface area contributed by atoms with Crippen molar-refractivity contribution in [3.8, 4) is 120 Å². The van der Waals surface area contributed by atoms with E-state index in [0.717, 1.165) is 12.1 Å². The maximum Gasteiger partial charge on any atom is 0.416 e. The Hall–Kier alpha value is -11.3. The lowest BCUT2D eigenvalue weighted by Crippen LogP contribution is -2.11. The van der Waals surface area contributed by atoms with Crippen LogP contribution in [-0.2, 0) is 6.18 Å². The summed E-state index contributed by atoms with van der Waals surface area (Å²) in [6, 6.07) is 72.9. The van der Waals surface area contributed by atoms with Crippen molar-refractivity contribution < 1.29 is 13.2 Å². The predicted octanol–water partition coefficient (Wildman–Crippen LogP) is 16.2. The minimum atomic E-state index is -4.88. The van der Waals surface area contributed by atoms with Crippen LogP contribution in [0.15, 0.2) is 218 Å². The molecule has 12 aromatic rings. The van der Waals surface area contributed by atoms with E-state index in [1.165, 1.54) is 12.1 Å². The molecule has 370 valence electrons. The van der Waals surface area contributed by atoms with Crippen LogP contribution < -0.4 is 0 Å². The Morgan fingerprint density at radius 1 is 0.329 bits per heavy atom. The molecule has 79 heavy (non-hydrogen) atoms. The van der Waals surface area contributed by atoms with E-state index in [1.807, 2.05) is 168 Å². The Balaban J connectivity index is 1.26. The summed E-state index contributed by atoms with van der Waals surface area (Å²) in [5.41, 5.74) is 8.51. The number of nitrogens with zero attached hydrogens (tertiary/aromatic N) is 9. The Kier molecular flexibility index (Phi) is 12.4. The normalized spacial score (nSPS) is 11.2. The summed E-state index contributed by atoms with van der Waals surface area (Å²) in [6.07, 6.45) is -4.88. The van der Waals surface area contributed by atoms with Gasteiger partial charge < -0.3 is 4.57 Å². The van der Waals surface area contributed by atoms with Crippen molar-refractivity contribution in [1.29, 1.82) is 21.0 Å². The van der Waals surface area contributed by atoms with Crippen LogP contribution in [0.1, 0.15) is 27.8 Å². The van der Waals surface area contributed by atoms with Crippen LogP contribution in [0.5, 0.6) is 0 Å². The second-order valence-electron chi connectivity index (χ2n) is 18.7. The van der Waals surface area contributed by atoms with E-state index in [2.05, 4.69) is 24.3 Å². The smallest absolute Gasteiger partial charge is 0.308 e. The van der Waals surface area contributed by atoms with Crippen LogP contribution in [0.3, 0.4) is 0 Å². The number of hydrogen-bond acceptors (Lipinski definition) is 8. The minimum Gasteiger partial charge on any atom is -0.308 e. The molecule has 12 rings (SSSR count). The van der Waals surface area contributed by atoms with Gasteiger partial charge in [0, 0.05) is 44.2 Å². The minimum absolute atomic E-state index is 0.00104. The second-order valence-corrected chi connectivity index (χ2v) is 18.7. The van der Waals surface area contributed by atoms with Gasteiger partial charge in [0.05, 0.1) is 91.6 Å². The fourth-order valence-electron chi connectivity index (χ4n) is 10.0. The fourth-order valence-corrected chi connectivity index (χ4v) is 10.0. The molecule has 0 atom stereocenters. The SMILES string of the molecule is N#Cc1cc(C#N)cc(-c2ccc3c(c2)c2cc(-c4cc(C#N)cc(C#N)c4)ccc2n3-c2c(-c3cc(-c4ccccc4)nc(-c4ccccc4)n3)cc(C(F)(F)F)cc2-c2nc(-c3ccccc3)cc(-c3ccccc3)n2)c1. The highest BCUT2D eigenvalue weighted by Gasteiger charge is 2.35. The molecule has 0 radical (unpaired) electrons. The number of nitriles is 4. The van der Waals surface area contributed by atoms with Gasteiger partial charge in [-0.3, -0.25) is 0 Å². The summed E-state index contributed by atoms with van der Waals surface area (Å²) >= 11 is 0. The van der Waals surface area contributed by atoms with Gasteiger partial charge in [-0.25, -0.2) is 19.9 Å². The van der Waals surface area contributed by atoms with Gasteiger partial charge in [-0.05, 0) is 107 Å². The fraction of sp³-hybridized carbons (Fsp3) is 0.0149. The number of fused-ring (bicyclic) bond motifs is 3. The maximum atomic E-state index is 16.0. The van der Waals surface area contributed by atoms with Gasteiger partial charge in [-0.2, -0.15) is 34.2 Å². The molecule has 0 saturated carbocycles. The van der Waals surface area contributed by atoms with Crippen LogP contribution in [0.25, 0.3) is 118 Å². The lowest BCUT2D eigenvalue weighted by atomic mass is 9.96. The number of halogens is 3. The zero-order valence-electron chi connectivity index (χ0n) is 41.4. The topological polar surface area (TPSA) is 152 Å². The molecule has 0 unspecified atom stereocenters. The van der Waals surface area contributed by atoms with Gasteiger partial charge in [-0.1, -0.05) is 133 Å². The van der Waals surface area contributed by atoms with Crippen molar-refractivity contribution in [1.82, 2.24) is 24.5 Å². The molecule has 0 saturated heterocycles. The predicted molar refractivity (Wildman–Crippen MR) is 299 cm³/mol. The van der Waals surface area contributed by atoms with E-state index in [-0.39, 0.29) is 56.4 Å². The van der Waals surface area contributed by atoms with Crippen molar-refractivity contribution in [2.75, 3.05) is 0 Å². The Bertz CT molecular complexity index is 4110. The maximum absolute atomic E-state index is 16.0. The molecule has 0 bridgehead atoms. The molecule has 9 nitrogen and oxygen atoms in total. The average molecular weight is 1020 g/mol. The highest BCUT2D eigenvalue weighted by atomic mass is 19.4.